The molecule has 3 aromatic rings. The van der Waals surface area contributed by atoms with Crippen molar-refractivity contribution in [1.29, 1.82) is 0 Å². The van der Waals surface area contributed by atoms with Crippen LogP contribution in [-0.4, -0.2) is 11.1 Å². The van der Waals surface area contributed by atoms with E-state index in [2.05, 4.69) is 5.32 Å². The fraction of sp³-hybridized carbons (Fsp3) is 0.136. The van der Waals surface area contributed by atoms with Gasteiger partial charge in [0.1, 0.15) is 19.0 Å². The van der Waals surface area contributed by atoms with Gasteiger partial charge in [-0.25, -0.2) is 4.79 Å². The van der Waals surface area contributed by atoms with Crippen molar-refractivity contribution in [1.82, 2.24) is 5.06 Å². The van der Waals surface area contributed by atoms with Crippen LogP contribution in [-0.2, 0) is 24.6 Å². The first-order chi connectivity index (χ1) is 13.3. The molecule has 0 aromatic heterocycles. The first-order valence-electron chi connectivity index (χ1n) is 8.83. The van der Waals surface area contributed by atoms with Crippen molar-refractivity contribution in [2.24, 2.45) is 0 Å². The van der Waals surface area contributed by atoms with Crippen molar-refractivity contribution >= 4 is 11.7 Å². The number of hydroxylamine groups is 2. The summed E-state index contributed by atoms with van der Waals surface area (Å²) in [5.41, 5.74) is 3.85. The fourth-order valence-corrected chi connectivity index (χ4v) is 2.89. The molecule has 1 N–H and O–H groups in total. The number of fused-ring (bicyclic) bond motifs is 1. The van der Waals surface area contributed by atoms with Gasteiger partial charge in [0.25, 0.3) is 0 Å². The molecule has 0 spiro atoms. The van der Waals surface area contributed by atoms with E-state index in [1.807, 2.05) is 78.9 Å². The predicted octanol–water partition coefficient (Wildman–Crippen LogP) is 4.74. The lowest BCUT2D eigenvalue weighted by Crippen LogP contribution is -2.38. The third-order valence-corrected chi connectivity index (χ3v) is 4.34. The minimum absolute atomic E-state index is 0.267. The van der Waals surface area contributed by atoms with Gasteiger partial charge < -0.3 is 10.1 Å². The Kier molecular flexibility index (Phi) is 5.03. The molecule has 0 saturated carbocycles. The van der Waals surface area contributed by atoms with Gasteiger partial charge in [0, 0.05) is 11.3 Å². The lowest BCUT2D eigenvalue weighted by molar-refractivity contribution is -0.132. The molecule has 1 heterocycles. The van der Waals surface area contributed by atoms with Gasteiger partial charge in [-0.15, -0.1) is 0 Å². The van der Waals surface area contributed by atoms with Crippen LogP contribution in [0.4, 0.5) is 10.5 Å². The zero-order chi connectivity index (χ0) is 18.5. The molecule has 0 atom stereocenters. The van der Waals surface area contributed by atoms with E-state index in [1.54, 1.807) is 0 Å². The van der Waals surface area contributed by atoms with Gasteiger partial charge in [-0.05, 0) is 29.3 Å². The number of benzene rings is 3. The van der Waals surface area contributed by atoms with E-state index in [9.17, 15) is 4.79 Å². The smallest absolute Gasteiger partial charge is 0.346 e. The lowest BCUT2D eigenvalue weighted by atomic mass is 10.1. The third-order valence-electron chi connectivity index (χ3n) is 4.34. The molecule has 5 nitrogen and oxygen atoms in total. The number of carbonyl (C=O) groups excluding carboxylic acids is 1. The highest BCUT2D eigenvalue weighted by Crippen LogP contribution is 2.28. The van der Waals surface area contributed by atoms with Crippen LogP contribution in [0.3, 0.4) is 0 Å². The zero-order valence-corrected chi connectivity index (χ0v) is 14.8. The third kappa shape index (κ3) is 4.27. The molecule has 0 aliphatic carbocycles. The van der Waals surface area contributed by atoms with E-state index in [-0.39, 0.29) is 6.03 Å². The van der Waals surface area contributed by atoms with Crippen molar-refractivity contribution in [3.05, 3.63) is 95.6 Å². The van der Waals surface area contributed by atoms with Crippen LogP contribution in [0.2, 0.25) is 0 Å². The number of hydrogen-bond acceptors (Lipinski definition) is 3. The zero-order valence-electron chi connectivity index (χ0n) is 14.8. The molecule has 0 unspecified atom stereocenters. The van der Waals surface area contributed by atoms with E-state index in [1.165, 1.54) is 5.06 Å². The maximum atomic E-state index is 12.2. The quantitative estimate of drug-likeness (QED) is 0.690. The number of rotatable bonds is 6. The molecular formula is C22H20N2O3. The summed E-state index contributed by atoms with van der Waals surface area (Å²) in [6.45, 7) is 1.21. The Labute approximate surface area is 158 Å². The van der Waals surface area contributed by atoms with E-state index in [4.69, 9.17) is 9.57 Å². The molecule has 3 aromatic carbocycles. The van der Waals surface area contributed by atoms with Crippen molar-refractivity contribution < 1.29 is 14.4 Å². The second kappa shape index (κ2) is 7.93. The van der Waals surface area contributed by atoms with E-state index >= 15 is 0 Å². The Balaban J connectivity index is 1.41. The van der Waals surface area contributed by atoms with Gasteiger partial charge in [-0.1, -0.05) is 60.7 Å². The molecular weight excluding hydrogens is 340 g/mol. The number of amides is 2. The normalized spacial score (nSPS) is 13.0. The molecule has 0 fully saturated rings. The summed E-state index contributed by atoms with van der Waals surface area (Å²) in [5, 5.41) is 4.20. The first-order valence-corrected chi connectivity index (χ1v) is 8.83. The van der Waals surface area contributed by atoms with Crippen LogP contribution in [0.5, 0.6) is 5.75 Å². The van der Waals surface area contributed by atoms with E-state index in [0.717, 1.165) is 28.1 Å². The summed E-state index contributed by atoms with van der Waals surface area (Å²) in [6.07, 6.45) is 0. The Morgan fingerprint density at radius 2 is 1.52 bits per heavy atom. The highest BCUT2D eigenvalue weighted by molar-refractivity contribution is 5.91. The van der Waals surface area contributed by atoms with Gasteiger partial charge in [0.05, 0.1) is 6.54 Å². The SMILES string of the molecule is O=C1Nc2ccc(OCc3ccccc3)cc2CN1OCc1ccccc1. The molecule has 0 bridgehead atoms. The van der Waals surface area contributed by atoms with Gasteiger partial charge >= 0.3 is 6.03 Å². The topological polar surface area (TPSA) is 50.8 Å². The summed E-state index contributed by atoms with van der Waals surface area (Å²) in [5.74, 6) is 0.761. The van der Waals surface area contributed by atoms with Gasteiger partial charge in [0.2, 0.25) is 0 Å². The summed E-state index contributed by atoms with van der Waals surface area (Å²) in [4.78, 5) is 17.9. The number of urea groups is 1. The Bertz CT molecular complexity index is 913. The summed E-state index contributed by atoms with van der Waals surface area (Å²) >= 11 is 0. The molecule has 4 rings (SSSR count). The van der Waals surface area contributed by atoms with Gasteiger partial charge in [-0.3, -0.25) is 4.84 Å². The lowest BCUT2D eigenvalue weighted by Gasteiger charge is -2.28. The van der Waals surface area contributed by atoms with Crippen LogP contribution in [0.15, 0.2) is 78.9 Å². The first kappa shape index (κ1) is 17.1. The summed E-state index contributed by atoms with van der Waals surface area (Å²) in [6, 6.07) is 25.2. The van der Waals surface area contributed by atoms with Gasteiger partial charge in [0.15, 0.2) is 0 Å². The van der Waals surface area contributed by atoms with Crippen LogP contribution >= 0.6 is 0 Å². The molecule has 27 heavy (non-hydrogen) atoms. The van der Waals surface area contributed by atoms with Crippen molar-refractivity contribution in [3.8, 4) is 5.75 Å². The number of nitrogens with zero attached hydrogens (tertiary/aromatic N) is 1. The molecule has 1 aliphatic heterocycles. The fourth-order valence-electron chi connectivity index (χ4n) is 2.89. The molecule has 0 saturated heterocycles. The number of nitrogens with one attached hydrogen (secondary N) is 1. The number of ether oxygens (including phenoxy) is 1. The maximum Gasteiger partial charge on any atom is 0.346 e. The summed E-state index contributed by atoms with van der Waals surface area (Å²) in [7, 11) is 0. The number of hydrogen-bond donors (Lipinski definition) is 1. The van der Waals surface area contributed by atoms with E-state index in [0.29, 0.717) is 19.8 Å². The molecule has 0 radical (unpaired) electrons. The Hall–Kier alpha value is -3.31. The van der Waals surface area contributed by atoms with Crippen LogP contribution in [0.1, 0.15) is 16.7 Å². The van der Waals surface area contributed by atoms with Crippen LogP contribution < -0.4 is 10.1 Å². The van der Waals surface area contributed by atoms with E-state index < -0.39 is 0 Å². The number of anilines is 1. The molecule has 1 aliphatic rings. The van der Waals surface area contributed by atoms with Gasteiger partial charge in [-0.2, -0.15) is 5.06 Å². The second-order valence-electron chi connectivity index (χ2n) is 6.32. The standard InChI is InChI=1S/C22H20N2O3/c25-22-23-21-12-11-20(26-15-17-7-3-1-4-8-17)13-19(21)14-24(22)27-16-18-9-5-2-6-10-18/h1-13H,14-16H2,(H,23,25). The maximum absolute atomic E-state index is 12.2. The Morgan fingerprint density at radius 3 is 2.22 bits per heavy atom. The second-order valence-corrected chi connectivity index (χ2v) is 6.32. The van der Waals surface area contributed by atoms with Crippen molar-refractivity contribution in [2.75, 3.05) is 5.32 Å². The predicted molar refractivity (Wildman–Crippen MR) is 103 cm³/mol. The van der Waals surface area contributed by atoms with Crippen molar-refractivity contribution in [2.45, 2.75) is 19.8 Å². The average molecular weight is 360 g/mol. The van der Waals surface area contributed by atoms with Crippen molar-refractivity contribution in [3.63, 3.8) is 0 Å². The summed E-state index contributed by atoms with van der Waals surface area (Å²) < 4.78 is 5.88. The minimum Gasteiger partial charge on any atom is -0.489 e. The monoisotopic (exact) mass is 360 g/mol. The molecule has 5 heteroatoms. The largest absolute Gasteiger partial charge is 0.489 e. The van der Waals surface area contributed by atoms with Crippen LogP contribution in [0, 0.1) is 0 Å². The molecule has 136 valence electrons. The minimum atomic E-state index is -0.267. The van der Waals surface area contributed by atoms with Crippen LogP contribution in [0.25, 0.3) is 0 Å². The molecule has 2 amide bonds. The highest BCUT2D eigenvalue weighted by Gasteiger charge is 2.24. The number of carbonyl (C=O) groups is 1. The average Bonchev–Trinajstić information content (AvgIpc) is 2.72. The Morgan fingerprint density at radius 1 is 0.852 bits per heavy atom. The highest BCUT2D eigenvalue weighted by atomic mass is 16.7.